The number of carbonyl (C=O) groups is 1. The Morgan fingerprint density at radius 3 is 2.36 bits per heavy atom. The largest absolute Gasteiger partial charge is 0.497 e. The van der Waals surface area contributed by atoms with E-state index in [1.165, 1.54) is 19.2 Å². The van der Waals surface area contributed by atoms with Gasteiger partial charge in [0.05, 0.1) is 17.7 Å². The topological polar surface area (TPSA) is 75.7 Å². The minimum atomic E-state index is -3.97. The minimum absolute atomic E-state index is 0.106. The van der Waals surface area contributed by atoms with E-state index in [1.54, 1.807) is 42.5 Å². The first kappa shape index (κ1) is 22.4. The molecule has 0 aromatic heterocycles. The summed E-state index contributed by atoms with van der Waals surface area (Å²) in [5.74, 6) is 0.0854. The second-order valence-electron chi connectivity index (χ2n) is 7.44. The highest BCUT2D eigenvalue weighted by Crippen LogP contribution is 2.27. The van der Waals surface area contributed by atoms with Crippen LogP contribution < -0.4 is 14.4 Å². The number of sulfonamides is 1. The van der Waals surface area contributed by atoms with E-state index in [2.05, 4.69) is 5.32 Å². The van der Waals surface area contributed by atoms with Gasteiger partial charge in [0.25, 0.3) is 10.0 Å². The van der Waals surface area contributed by atoms with Gasteiger partial charge in [0.2, 0.25) is 5.91 Å². The Morgan fingerprint density at radius 1 is 0.879 bits per heavy atom. The van der Waals surface area contributed by atoms with E-state index in [4.69, 9.17) is 4.74 Å². The number of nitrogens with one attached hydrogen (secondary N) is 1. The lowest BCUT2D eigenvalue weighted by molar-refractivity contribution is -0.119. The number of rotatable bonds is 8. The van der Waals surface area contributed by atoms with Crippen LogP contribution in [0.5, 0.6) is 5.75 Å². The van der Waals surface area contributed by atoms with Crippen molar-refractivity contribution >= 4 is 32.4 Å². The lowest BCUT2D eigenvalue weighted by Gasteiger charge is -2.24. The van der Waals surface area contributed by atoms with Gasteiger partial charge >= 0.3 is 0 Å². The van der Waals surface area contributed by atoms with Crippen LogP contribution in [0.4, 0.5) is 5.69 Å². The zero-order valence-corrected chi connectivity index (χ0v) is 19.0. The monoisotopic (exact) mass is 460 g/mol. The van der Waals surface area contributed by atoms with Gasteiger partial charge in [0, 0.05) is 12.6 Å². The SMILES string of the molecule is COc1cccc(N(CC(=O)NCc2cccc3ccccc23)S(=O)(=O)c2ccccc2)c1. The molecule has 4 aromatic rings. The molecule has 0 aliphatic carbocycles. The predicted molar refractivity (Wildman–Crippen MR) is 130 cm³/mol. The van der Waals surface area contributed by atoms with Gasteiger partial charge in [-0.25, -0.2) is 8.42 Å². The Balaban J connectivity index is 1.60. The van der Waals surface area contributed by atoms with Gasteiger partial charge in [0.1, 0.15) is 12.3 Å². The average Bonchev–Trinajstić information content (AvgIpc) is 2.86. The molecule has 1 amide bonds. The molecule has 33 heavy (non-hydrogen) atoms. The third kappa shape index (κ3) is 4.99. The van der Waals surface area contributed by atoms with Crippen LogP contribution >= 0.6 is 0 Å². The van der Waals surface area contributed by atoms with Crippen molar-refractivity contribution in [2.24, 2.45) is 0 Å². The maximum Gasteiger partial charge on any atom is 0.264 e. The standard InChI is InChI=1S/C26H24N2O4S/c1-32-23-13-8-12-22(17-23)28(33(30,31)24-14-3-2-4-15-24)19-26(29)27-18-21-11-7-10-20-9-5-6-16-25(20)21/h2-17H,18-19H2,1H3,(H,27,29). The average molecular weight is 461 g/mol. The highest BCUT2D eigenvalue weighted by molar-refractivity contribution is 7.92. The van der Waals surface area contributed by atoms with Gasteiger partial charge < -0.3 is 10.1 Å². The number of ether oxygens (including phenoxy) is 1. The zero-order valence-electron chi connectivity index (χ0n) is 18.1. The number of hydrogen-bond donors (Lipinski definition) is 1. The third-order valence-corrected chi connectivity index (χ3v) is 7.10. The van der Waals surface area contributed by atoms with E-state index in [0.717, 1.165) is 20.6 Å². The molecule has 168 valence electrons. The summed E-state index contributed by atoms with van der Waals surface area (Å²) in [6, 6.07) is 28.5. The smallest absolute Gasteiger partial charge is 0.264 e. The van der Waals surface area contributed by atoms with E-state index in [1.807, 2.05) is 42.5 Å². The highest BCUT2D eigenvalue weighted by Gasteiger charge is 2.27. The molecule has 0 atom stereocenters. The Labute approximate surface area is 193 Å². The molecule has 0 radical (unpaired) electrons. The molecule has 1 N–H and O–H groups in total. The van der Waals surface area contributed by atoms with Gasteiger partial charge in [-0.3, -0.25) is 9.10 Å². The predicted octanol–water partition coefficient (Wildman–Crippen LogP) is 4.36. The van der Waals surface area contributed by atoms with E-state index < -0.39 is 15.9 Å². The van der Waals surface area contributed by atoms with Crippen molar-refractivity contribution in [2.45, 2.75) is 11.4 Å². The summed E-state index contributed by atoms with van der Waals surface area (Å²) in [6.07, 6.45) is 0. The van der Waals surface area contributed by atoms with Crippen LogP contribution in [0, 0.1) is 0 Å². The third-order valence-electron chi connectivity index (χ3n) is 5.32. The molecule has 4 rings (SSSR count). The van der Waals surface area contributed by atoms with E-state index in [-0.39, 0.29) is 18.0 Å². The summed E-state index contributed by atoms with van der Waals surface area (Å²) in [5.41, 5.74) is 1.30. The number of nitrogens with zero attached hydrogens (tertiary/aromatic N) is 1. The molecule has 7 heteroatoms. The Hall–Kier alpha value is -3.84. The van der Waals surface area contributed by atoms with E-state index in [9.17, 15) is 13.2 Å². The van der Waals surface area contributed by atoms with Crippen molar-refractivity contribution < 1.29 is 17.9 Å². The molecule has 0 fully saturated rings. The molecular formula is C26H24N2O4S. The molecule has 0 unspecified atom stereocenters. The summed E-state index contributed by atoms with van der Waals surface area (Å²) >= 11 is 0. The van der Waals surface area contributed by atoms with Gasteiger partial charge in [-0.2, -0.15) is 0 Å². The van der Waals surface area contributed by atoms with Crippen molar-refractivity contribution in [1.29, 1.82) is 0 Å². The van der Waals surface area contributed by atoms with Gasteiger partial charge in [-0.05, 0) is 40.6 Å². The lowest BCUT2D eigenvalue weighted by atomic mass is 10.0. The van der Waals surface area contributed by atoms with Gasteiger partial charge in [-0.15, -0.1) is 0 Å². The molecule has 0 saturated carbocycles. The first-order valence-electron chi connectivity index (χ1n) is 10.4. The van der Waals surface area contributed by atoms with Crippen molar-refractivity contribution in [3.63, 3.8) is 0 Å². The molecule has 0 aliphatic heterocycles. The maximum atomic E-state index is 13.4. The molecule has 0 heterocycles. The Morgan fingerprint density at radius 2 is 1.58 bits per heavy atom. The van der Waals surface area contributed by atoms with Crippen molar-refractivity contribution in [3.8, 4) is 5.75 Å². The van der Waals surface area contributed by atoms with Crippen LogP contribution in [0.25, 0.3) is 10.8 Å². The van der Waals surface area contributed by atoms with Gasteiger partial charge in [-0.1, -0.05) is 66.7 Å². The van der Waals surface area contributed by atoms with E-state index >= 15 is 0 Å². The number of carbonyl (C=O) groups excluding carboxylic acids is 1. The fourth-order valence-corrected chi connectivity index (χ4v) is 5.06. The summed E-state index contributed by atoms with van der Waals surface area (Å²) in [4.78, 5) is 13.0. The normalized spacial score (nSPS) is 11.2. The van der Waals surface area contributed by atoms with Crippen LogP contribution in [-0.2, 0) is 21.4 Å². The molecule has 0 aliphatic rings. The van der Waals surface area contributed by atoms with Crippen molar-refractivity contribution in [1.82, 2.24) is 5.32 Å². The van der Waals surface area contributed by atoms with Gasteiger partial charge in [0.15, 0.2) is 0 Å². The lowest BCUT2D eigenvalue weighted by Crippen LogP contribution is -2.40. The quantitative estimate of drug-likeness (QED) is 0.424. The fraction of sp³-hybridized carbons (Fsp3) is 0.115. The zero-order chi connectivity index (χ0) is 23.3. The van der Waals surface area contributed by atoms with Crippen molar-refractivity contribution in [2.75, 3.05) is 18.0 Å². The molecule has 4 aromatic carbocycles. The second-order valence-corrected chi connectivity index (χ2v) is 9.30. The summed E-state index contributed by atoms with van der Waals surface area (Å²) < 4.78 is 33.2. The number of methoxy groups -OCH3 is 1. The highest BCUT2D eigenvalue weighted by atomic mass is 32.2. The van der Waals surface area contributed by atoms with Crippen LogP contribution in [0.3, 0.4) is 0 Å². The first-order chi connectivity index (χ1) is 16.0. The second kappa shape index (κ2) is 9.75. The molecular weight excluding hydrogens is 436 g/mol. The molecule has 0 saturated heterocycles. The molecule has 0 bridgehead atoms. The van der Waals surface area contributed by atoms with Crippen LogP contribution in [0.2, 0.25) is 0 Å². The summed E-state index contributed by atoms with van der Waals surface area (Å²) in [6.45, 7) is -0.0767. The van der Waals surface area contributed by atoms with Crippen LogP contribution in [0.1, 0.15) is 5.56 Å². The molecule has 0 spiro atoms. The van der Waals surface area contributed by atoms with Crippen molar-refractivity contribution in [3.05, 3.63) is 103 Å². The Kier molecular flexibility index (Phi) is 6.60. The molecule has 6 nitrogen and oxygen atoms in total. The summed E-state index contributed by atoms with van der Waals surface area (Å²) in [5, 5.41) is 4.99. The Bertz CT molecular complexity index is 1370. The number of amides is 1. The number of anilines is 1. The summed E-state index contributed by atoms with van der Waals surface area (Å²) in [7, 11) is -2.47. The first-order valence-corrected chi connectivity index (χ1v) is 11.9. The number of fused-ring (bicyclic) bond motifs is 1. The fourth-order valence-electron chi connectivity index (χ4n) is 3.63. The number of benzene rings is 4. The maximum absolute atomic E-state index is 13.4. The minimum Gasteiger partial charge on any atom is -0.497 e. The number of hydrogen-bond acceptors (Lipinski definition) is 4. The van der Waals surface area contributed by atoms with Crippen LogP contribution in [0.15, 0.2) is 102 Å². The van der Waals surface area contributed by atoms with Crippen LogP contribution in [-0.4, -0.2) is 28.0 Å². The van der Waals surface area contributed by atoms with E-state index in [0.29, 0.717) is 11.4 Å².